The van der Waals surface area contributed by atoms with Gasteiger partial charge in [-0.1, -0.05) is 6.92 Å². The van der Waals surface area contributed by atoms with Crippen molar-refractivity contribution in [3.8, 4) is 0 Å². The second-order valence-corrected chi connectivity index (χ2v) is 4.07. The summed E-state index contributed by atoms with van der Waals surface area (Å²) in [5, 5.41) is 6.54. The number of carbonyl (C=O) groups excluding carboxylic acids is 2. The first-order chi connectivity index (χ1) is 9.17. The number of nitrogens with one attached hydrogen (secondary N) is 1. The highest BCUT2D eigenvalue weighted by atomic mass is 16.5. The summed E-state index contributed by atoms with van der Waals surface area (Å²) in [7, 11) is 1.28. The Morgan fingerprint density at radius 1 is 1.58 bits per heavy atom. The van der Waals surface area contributed by atoms with Crippen molar-refractivity contribution in [3.05, 3.63) is 11.6 Å². The molecule has 0 spiro atoms. The van der Waals surface area contributed by atoms with E-state index in [9.17, 15) is 9.59 Å². The maximum atomic E-state index is 12.3. The van der Waals surface area contributed by atoms with Gasteiger partial charge in [0.2, 0.25) is 5.82 Å². The number of H-pyrrole nitrogens is 1. The number of methoxy groups -OCH3 is 1. The fraction of sp³-hybridized carbons (Fsp3) is 0.636. The Morgan fingerprint density at radius 3 is 3.00 bits per heavy atom. The van der Waals surface area contributed by atoms with Gasteiger partial charge in [-0.15, -0.1) is 5.10 Å². The van der Waals surface area contributed by atoms with Crippen LogP contribution in [0.2, 0.25) is 0 Å². The lowest BCUT2D eigenvalue weighted by molar-refractivity contribution is -0.151. The highest BCUT2D eigenvalue weighted by Gasteiger charge is 2.35. The molecule has 1 aliphatic rings. The minimum Gasteiger partial charge on any atom is -0.467 e. The van der Waals surface area contributed by atoms with Gasteiger partial charge in [-0.25, -0.2) is 9.78 Å². The second-order valence-electron chi connectivity index (χ2n) is 4.07. The summed E-state index contributed by atoms with van der Waals surface area (Å²) < 4.78 is 9.88. The standard InChI is InChI=1S/C11H16N4O4/c1-3-8-12-9(14-13-8)10(16)15-4-5-19-6-7(15)11(17)18-2/h7H,3-6H2,1-2H3,(H,12,13,14). The number of rotatable bonds is 3. The topological polar surface area (TPSA) is 97.4 Å². The predicted molar refractivity (Wildman–Crippen MR) is 63.4 cm³/mol. The summed E-state index contributed by atoms with van der Waals surface area (Å²) in [5.74, 6) is -0.201. The predicted octanol–water partition coefficient (Wildman–Crippen LogP) is -0.619. The molecule has 2 rings (SSSR count). The Hall–Kier alpha value is -1.96. The molecule has 0 radical (unpaired) electrons. The maximum Gasteiger partial charge on any atom is 0.331 e. The molecule has 0 aromatic carbocycles. The molecule has 1 aromatic heterocycles. The fourth-order valence-corrected chi connectivity index (χ4v) is 1.86. The smallest absolute Gasteiger partial charge is 0.331 e. The van der Waals surface area contributed by atoms with Gasteiger partial charge in [-0.2, -0.15) is 0 Å². The van der Waals surface area contributed by atoms with Crippen LogP contribution in [0.4, 0.5) is 0 Å². The third kappa shape index (κ3) is 2.73. The number of hydrogen-bond donors (Lipinski definition) is 1. The number of amides is 1. The summed E-state index contributed by atoms with van der Waals surface area (Å²) in [4.78, 5) is 29.4. The average Bonchev–Trinajstić information content (AvgIpc) is 2.94. The first-order valence-corrected chi connectivity index (χ1v) is 6.05. The van der Waals surface area contributed by atoms with Crippen molar-refractivity contribution < 1.29 is 19.1 Å². The van der Waals surface area contributed by atoms with Crippen molar-refractivity contribution in [3.63, 3.8) is 0 Å². The molecular formula is C11H16N4O4. The normalized spacial score (nSPS) is 19.3. The van der Waals surface area contributed by atoms with E-state index in [1.165, 1.54) is 12.0 Å². The molecule has 1 saturated heterocycles. The summed E-state index contributed by atoms with van der Waals surface area (Å²) in [6.45, 7) is 2.73. The molecule has 0 saturated carbocycles. The van der Waals surface area contributed by atoms with E-state index in [-0.39, 0.29) is 12.4 Å². The van der Waals surface area contributed by atoms with E-state index >= 15 is 0 Å². The van der Waals surface area contributed by atoms with Gasteiger partial charge in [0, 0.05) is 13.0 Å². The van der Waals surface area contributed by atoms with Crippen LogP contribution >= 0.6 is 0 Å². The number of esters is 1. The summed E-state index contributed by atoms with van der Waals surface area (Å²) in [6, 6.07) is -0.741. The van der Waals surface area contributed by atoms with Crippen LogP contribution in [-0.4, -0.2) is 64.9 Å². The van der Waals surface area contributed by atoms with E-state index < -0.39 is 17.9 Å². The average molecular weight is 268 g/mol. The first kappa shape index (κ1) is 13.5. The molecule has 1 atom stereocenters. The van der Waals surface area contributed by atoms with Gasteiger partial charge in [-0.05, 0) is 0 Å². The van der Waals surface area contributed by atoms with Crippen molar-refractivity contribution >= 4 is 11.9 Å². The van der Waals surface area contributed by atoms with Crippen LogP contribution in [0.15, 0.2) is 0 Å². The Balaban J connectivity index is 2.17. The second kappa shape index (κ2) is 5.79. The van der Waals surface area contributed by atoms with E-state index in [4.69, 9.17) is 4.74 Å². The molecule has 104 valence electrons. The van der Waals surface area contributed by atoms with E-state index in [1.807, 2.05) is 6.92 Å². The van der Waals surface area contributed by atoms with Gasteiger partial charge in [-0.3, -0.25) is 9.89 Å². The monoisotopic (exact) mass is 268 g/mol. The lowest BCUT2D eigenvalue weighted by Gasteiger charge is -2.32. The Kier molecular flexibility index (Phi) is 4.10. The largest absolute Gasteiger partial charge is 0.467 e. The van der Waals surface area contributed by atoms with Crippen molar-refractivity contribution in [1.29, 1.82) is 0 Å². The van der Waals surface area contributed by atoms with E-state index in [1.54, 1.807) is 0 Å². The number of aromatic nitrogens is 3. The van der Waals surface area contributed by atoms with Crippen LogP contribution in [0.1, 0.15) is 23.4 Å². The zero-order chi connectivity index (χ0) is 13.8. The molecule has 1 amide bonds. The molecule has 1 N–H and O–H groups in total. The number of morpholine rings is 1. The van der Waals surface area contributed by atoms with Crippen LogP contribution < -0.4 is 0 Å². The van der Waals surface area contributed by atoms with Gasteiger partial charge in [0.15, 0.2) is 6.04 Å². The molecule has 1 fully saturated rings. The van der Waals surface area contributed by atoms with Gasteiger partial charge >= 0.3 is 5.97 Å². The van der Waals surface area contributed by atoms with E-state index in [2.05, 4.69) is 19.9 Å². The first-order valence-electron chi connectivity index (χ1n) is 6.05. The van der Waals surface area contributed by atoms with Crippen molar-refractivity contribution in [2.75, 3.05) is 26.9 Å². The number of carbonyl (C=O) groups is 2. The molecule has 19 heavy (non-hydrogen) atoms. The number of aryl methyl sites for hydroxylation is 1. The van der Waals surface area contributed by atoms with Gasteiger partial charge < -0.3 is 14.4 Å². The summed E-state index contributed by atoms with van der Waals surface area (Å²) in [6.07, 6.45) is 0.657. The zero-order valence-electron chi connectivity index (χ0n) is 10.9. The van der Waals surface area contributed by atoms with Crippen LogP contribution in [0.25, 0.3) is 0 Å². The summed E-state index contributed by atoms with van der Waals surface area (Å²) >= 11 is 0. The highest BCUT2D eigenvalue weighted by molar-refractivity contribution is 5.93. The number of nitrogens with zero attached hydrogens (tertiary/aromatic N) is 3. The van der Waals surface area contributed by atoms with Crippen LogP contribution in [-0.2, 0) is 20.7 Å². The third-order valence-corrected chi connectivity index (χ3v) is 2.92. The lowest BCUT2D eigenvalue weighted by atomic mass is 10.2. The molecule has 1 unspecified atom stereocenters. The Bertz CT molecular complexity index is 473. The van der Waals surface area contributed by atoms with E-state index in [0.29, 0.717) is 25.4 Å². The Morgan fingerprint density at radius 2 is 2.37 bits per heavy atom. The lowest BCUT2D eigenvalue weighted by Crippen LogP contribution is -2.53. The Labute approximate surface area is 110 Å². The molecule has 2 heterocycles. The maximum absolute atomic E-state index is 12.3. The minimum atomic E-state index is -0.741. The SMILES string of the molecule is CCc1nc(C(=O)N2CCOCC2C(=O)OC)n[nH]1. The molecule has 0 bridgehead atoms. The van der Waals surface area contributed by atoms with Gasteiger partial charge in [0.1, 0.15) is 5.82 Å². The minimum absolute atomic E-state index is 0.0626. The highest BCUT2D eigenvalue weighted by Crippen LogP contribution is 2.12. The van der Waals surface area contributed by atoms with Crippen molar-refractivity contribution in [2.24, 2.45) is 0 Å². The van der Waals surface area contributed by atoms with Gasteiger partial charge in [0.25, 0.3) is 5.91 Å². The van der Waals surface area contributed by atoms with Crippen molar-refractivity contribution in [2.45, 2.75) is 19.4 Å². The van der Waals surface area contributed by atoms with Crippen LogP contribution in [0.5, 0.6) is 0 Å². The number of aromatic amines is 1. The molecule has 8 nitrogen and oxygen atoms in total. The van der Waals surface area contributed by atoms with Gasteiger partial charge in [0.05, 0.1) is 20.3 Å². The zero-order valence-corrected chi connectivity index (χ0v) is 10.9. The molecular weight excluding hydrogens is 252 g/mol. The van der Waals surface area contributed by atoms with Crippen LogP contribution in [0, 0.1) is 0 Å². The quantitative estimate of drug-likeness (QED) is 0.734. The van der Waals surface area contributed by atoms with Crippen LogP contribution in [0.3, 0.4) is 0 Å². The molecule has 1 aliphatic heterocycles. The molecule has 1 aromatic rings. The number of ether oxygens (including phenoxy) is 2. The third-order valence-electron chi connectivity index (χ3n) is 2.92. The fourth-order valence-electron chi connectivity index (χ4n) is 1.86. The van der Waals surface area contributed by atoms with Crippen molar-refractivity contribution in [1.82, 2.24) is 20.1 Å². The van der Waals surface area contributed by atoms with E-state index in [0.717, 1.165) is 0 Å². The summed E-state index contributed by atoms with van der Waals surface area (Å²) in [5.41, 5.74) is 0. The molecule has 0 aliphatic carbocycles. The molecule has 8 heteroatoms. The number of hydrogen-bond acceptors (Lipinski definition) is 6.